The topological polar surface area (TPSA) is 24.9 Å². The fraction of sp³-hybridized carbons (Fsp3) is 0.688. The van der Waals surface area contributed by atoms with Crippen LogP contribution in [0.3, 0.4) is 0 Å². The van der Waals surface area contributed by atoms with Crippen molar-refractivity contribution in [2.45, 2.75) is 65.2 Å². The van der Waals surface area contributed by atoms with Gasteiger partial charge >= 0.3 is 0 Å². The van der Waals surface area contributed by atoms with Crippen LogP contribution in [0.2, 0.25) is 0 Å². The van der Waals surface area contributed by atoms with Gasteiger partial charge in [-0.3, -0.25) is 4.98 Å². The molecule has 1 aromatic heterocycles. The zero-order valence-corrected chi connectivity index (χ0v) is 12.0. The summed E-state index contributed by atoms with van der Waals surface area (Å²) in [5.41, 5.74) is 2.46. The Balaban J connectivity index is 1.94. The van der Waals surface area contributed by atoms with Gasteiger partial charge in [-0.1, -0.05) is 51.9 Å². The third-order valence-corrected chi connectivity index (χ3v) is 3.37. The maximum absolute atomic E-state index is 4.10. The van der Waals surface area contributed by atoms with Gasteiger partial charge in [0.25, 0.3) is 0 Å². The second-order valence-corrected chi connectivity index (χ2v) is 5.09. The number of anilines is 1. The van der Waals surface area contributed by atoms with Crippen LogP contribution in [0.5, 0.6) is 0 Å². The van der Waals surface area contributed by atoms with Crippen LogP contribution in [0.25, 0.3) is 0 Å². The number of aryl methyl sites for hydroxylation is 1. The highest BCUT2D eigenvalue weighted by molar-refractivity contribution is 5.48. The predicted molar refractivity (Wildman–Crippen MR) is 80.1 cm³/mol. The third kappa shape index (κ3) is 6.63. The van der Waals surface area contributed by atoms with Crippen molar-refractivity contribution in [3.05, 3.63) is 24.0 Å². The Bertz CT molecular complexity index is 310. The second-order valence-electron chi connectivity index (χ2n) is 5.09. The van der Waals surface area contributed by atoms with Gasteiger partial charge in [0.2, 0.25) is 0 Å². The number of hydrogen-bond acceptors (Lipinski definition) is 2. The quantitative estimate of drug-likeness (QED) is 0.593. The molecule has 0 aliphatic carbocycles. The van der Waals surface area contributed by atoms with E-state index in [1.54, 1.807) is 0 Å². The minimum absolute atomic E-state index is 1.08. The van der Waals surface area contributed by atoms with E-state index in [1.807, 2.05) is 12.4 Å². The average Bonchev–Trinajstić information content (AvgIpc) is 2.39. The van der Waals surface area contributed by atoms with E-state index < -0.39 is 0 Å². The molecule has 0 amide bonds. The summed E-state index contributed by atoms with van der Waals surface area (Å²) in [6.07, 6.45) is 14.8. The molecule has 1 heterocycles. The van der Waals surface area contributed by atoms with Gasteiger partial charge < -0.3 is 5.32 Å². The first-order valence-electron chi connectivity index (χ1n) is 7.49. The van der Waals surface area contributed by atoms with Crippen LogP contribution in [-0.2, 0) is 0 Å². The lowest BCUT2D eigenvalue weighted by Crippen LogP contribution is -2.03. The molecule has 0 saturated carbocycles. The van der Waals surface area contributed by atoms with Crippen LogP contribution in [0, 0.1) is 6.92 Å². The Morgan fingerprint density at radius 2 is 1.67 bits per heavy atom. The molecule has 0 unspecified atom stereocenters. The van der Waals surface area contributed by atoms with E-state index in [2.05, 4.69) is 30.2 Å². The van der Waals surface area contributed by atoms with Gasteiger partial charge in [-0.05, 0) is 25.0 Å². The third-order valence-electron chi connectivity index (χ3n) is 3.37. The molecule has 0 bridgehead atoms. The van der Waals surface area contributed by atoms with Crippen molar-refractivity contribution in [1.82, 2.24) is 4.98 Å². The summed E-state index contributed by atoms with van der Waals surface area (Å²) in [6.45, 7) is 5.45. The number of hydrogen-bond donors (Lipinski definition) is 1. The van der Waals surface area contributed by atoms with Crippen molar-refractivity contribution < 1.29 is 0 Å². The van der Waals surface area contributed by atoms with Crippen molar-refractivity contribution >= 4 is 5.69 Å². The van der Waals surface area contributed by atoms with Gasteiger partial charge in [0.05, 0.1) is 0 Å². The van der Waals surface area contributed by atoms with Crippen LogP contribution in [-0.4, -0.2) is 11.5 Å². The summed E-state index contributed by atoms with van der Waals surface area (Å²) < 4.78 is 0. The van der Waals surface area contributed by atoms with Crippen molar-refractivity contribution in [2.24, 2.45) is 0 Å². The molecule has 1 aromatic rings. The lowest BCUT2D eigenvalue weighted by atomic mass is 10.1. The molecule has 0 fully saturated rings. The summed E-state index contributed by atoms with van der Waals surface area (Å²) in [5, 5.41) is 3.48. The van der Waals surface area contributed by atoms with E-state index in [0.717, 1.165) is 6.54 Å². The zero-order valence-electron chi connectivity index (χ0n) is 12.0. The number of pyridine rings is 1. The van der Waals surface area contributed by atoms with Crippen molar-refractivity contribution in [1.29, 1.82) is 0 Å². The zero-order chi connectivity index (χ0) is 13.1. The highest BCUT2D eigenvalue weighted by Gasteiger charge is 1.96. The van der Waals surface area contributed by atoms with Gasteiger partial charge in [0, 0.05) is 24.6 Å². The number of nitrogens with zero attached hydrogens (tertiary/aromatic N) is 1. The van der Waals surface area contributed by atoms with Crippen LogP contribution < -0.4 is 5.32 Å². The highest BCUT2D eigenvalue weighted by atomic mass is 14.9. The Morgan fingerprint density at radius 1 is 1.00 bits per heavy atom. The highest BCUT2D eigenvalue weighted by Crippen LogP contribution is 2.12. The van der Waals surface area contributed by atoms with Gasteiger partial charge in [-0.15, -0.1) is 0 Å². The van der Waals surface area contributed by atoms with E-state index in [4.69, 9.17) is 0 Å². The first kappa shape index (κ1) is 15.0. The minimum atomic E-state index is 1.08. The van der Waals surface area contributed by atoms with E-state index in [-0.39, 0.29) is 0 Å². The molecule has 1 rings (SSSR count). The number of aromatic nitrogens is 1. The molecule has 2 heteroatoms. The summed E-state index contributed by atoms with van der Waals surface area (Å²) >= 11 is 0. The maximum atomic E-state index is 4.10. The molecule has 0 aliphatic rings. The Morgan fingerprint density at radius 3 is 2.33 bits per heavy atom. The first-order chi connectivity index (χ1) is 8.84. The second kappa shape index (κ2) is 9.93. The molecule has 0 aromatic carbocycles. The van der Waals surface area contributed by atoms with Crippen molar-refractivity contribution in [3.8, 4) is 0 Å². The normalized spacial score (nSPS) is 10.6. The molecule has 2 nitrogen and oxygen atoms in total. The Labute approximate surface area is 112 Å². The molecule has 0 saturated heterocycles. The van der Waals surface area contributed by atoms with E-state index >= 15 is 0 Å². The van der Waals surface area contributed by atoms with E-state index in [9.17, 15) is 0 Å². The molecule has 18 heavy (non-hydrogen) atoms. The van der Waals surface area contributed by atoms with Gasteiger partial charge in [-0.25, -0.2) is 0 Å². The lowest BCUT2D eigenvalue weighted by molar-refractivity contribution is 0.581. The SMILES string of the molecule is CCCCCCCCCCNc1ccncc1C. The maximum Gasteiger partial charge on any atom is 0.0400 e. The number of unbranched alkanes of at least 4 members (excludes halogenated alkanes) is 7. The van der Waals surface area contributed by atoms with Crippen LogP contribution in [0.15, 0.2) is 18.5 Å². The summed E-state index contributed by atoms with van der Waals surface area (Å²) in [5.74, 6) is 0. The first-order valence-corrected chi connectivity index (χ1v) is 7.49. The molecular formula is C16H28N2. The van der Waals surface area contributed by atoms with Gasteiger partial charge in [0.15, 0.2) is 0 Å². The monoisotopic (exact) mass is 248 g/mol. The summed E-state index contributed by atoms with van der Waals surface area (Å²) in [4.78, 5) is 4.10. The molecule has 0 atom stereocenters. The van der Waals surface area contributed by atoms with Crippen LogP contribution in [0.4, 0.5) is 5.69 Å². The van der Waals surface area contributed by atoms with Crippen molar-refractivity contribution in [3.63, 3.8) is 0 Å². The molecule has 0 radical (unpaired) electrons. The lowest BCUT2D eigenvalue weighted by Gasteiger charge is -2.08. The average molecular weight is 248 g/mol. The summed E-state index contributed by atoms with van der Waals surface area (Å²) in [7, 11) is 0. The van der Waals surface area contributed by atoms with E-state index in [0.29, 0.717) is 0 Å². The smallest absolute Gasteiger partial charge is 0.0400 e. The molecule has 0 aliphatic heterocycles. The Hall–Kier alpha value is -1.05. The Kier molecular flexibility index (Phi) is 8.28. The standard InChI is InChI=1S/C16H28N2/c1-3-4-5-6-7-8-9-10-12-18-16-11-13-17-14-15(16)2/h11,13-14H,3-10,12H2,1-2H3,(H,17,18). The fourth-order valence-electron chi connectivity index (χ4n) is 2.15. The number of nitrogens with one attached hydrogen (secondary N) is 1. The predicted octanol–water partition coefficient (Wildman–Crippen LogP) is 4.94. The van der Waals surface area contributed by atoms with E-state index in [1.165, 1.54) is 62.6 Å². The molecule has 0 spiro atoms. The molecular weight excluding hydrogens is 220 g/mol. The van der Waals surface area contributed by atoms with Crippen molar-refractivity contribution in [2.75, 3.05) is 11.9 Å². The fourth-order valence-corrected chi connectivity index (χ4v) is 2.15. The summed E-state index contributed by atoms with van der Waals surface area (Å²) in [6, 6.07) is 2.06. The minimum Gasteiger partial charge on any atom is -0.385 e. The molecule has 1 N–H and O–H groups in total. The number of rotatable bonds is 10. The largest absolute Gasteiger partial charge is 0.385 e. The van der Waals surface area contributed by atoms with Crippen LogP contribution in [0.1, 0.15) is 63.9 Å². The van der Waals surface area contributed by atoms with Gasteiger partial charge in [0.1, 0.15) is 0 Å². The van der Waals surface area contributed by atoms with Crippen LogP contribution >= 0.6 is 0 Å². The molecule has 102 valence electrons. The van der Waals surface area contributed by atoms with Gasteiger partial charge in [-0.2, -0.15) is 0 Å².